The third-order valence-corrected chi connectivity index (χ3v) is 5.95. The van der Waals surface area contributed by atoms with Crippen LogP contribution in [0.5, 0.6) is 0 Å². The standard InChI is InChI=1S/C20H25N3O2/c24-19(25)20(8-3-9-20)10-11-22-12-14-23(15-13-22)18-7-6-16-4-1-2-5-17(16)21-18/h1-2,4-7H,3,8-15H2,(H,24,25). The van der Waals surface area contributed by atoms with Crippen LogP contribution in [0.3, 0.4) is 0 Å². The SMILES string of the molecule is O=C(O)C1(CCN2CCN(c3ccc4ccccc4n3)CC2)CCC1. The molecule has 4 rings (SSSR count). The summed E-state index contributed by atoms with van der Waals surface area (Å²) < 4.78 is 0. The summed E-state index contributed by atoms with van der Waals surface area (Å²) in [6.45, 7) is 4.75. The summed E-state index contributed by atoms with van der Waals surface area (Å²) in [5.41, 5.74) is 0.604. The van der Waals surface area contributed by atoms with Gasteiger partial charge in [-0.1, -0.05) is 24.6 Å². The Hall–Kier alpha value is -2.14. The summed E-state index contributed by atoms with van der Waals surface area (Å²) in [7, 11) is 0. The molecule has 1 aromatic heterocycles. The molecule has 2 aliphatic rings. The van der Waals surface area contributed by atoms with Crippen LogP contribution >= 0.6 is 0 Å². The molecule has 1 N–H and O–H groups in total. The molecule has 132 valence electrons. The van der Waals surface area contributed by atoms with Crippen LogP contribution in [0.4, 0.5) is 5.82 Å². The molecule has 1 aromatic carbocycles. The van der Waals surface area contributed by atoms with Crippen molar-refractivity contribution in [3.8, 4) is 0 Å². The summed E-state index contributed by atoms with van der Waals surface area (Å²) >= 11 is 0. The van der Waals surface area contributed by atoms with Gasteiger partial charge in [0.05, 0.1) is 10.9 Å². The van der Waals surface area contributed by atoms with Gasteiger partial charge in [0, 0.05) is 31.6 Å². The van der Waals surface area contributed by atoms with Crippen molar-refractivity contribution in [1.82, 2.24) is 9.88 Å². The number of para-hydroxylation sites is 1. The highest BCUT2D eigenvalue weighted by Gasteiger charge is 2.44. The van der Waals surface area contributed by atoms with Gasteiger partial charge in [-0.15, -0.1) is 0 Å². The molecule has 25 heavy (non-hydrogen) atoms. The molecule has 0 spiro atoms. The van der Waals surface area contributed by atoms with Crippen LogP contribution in [-0.2, 0) is 4.79 Å². The topological polar surface area (TPSA) is 56.7 Å². The van der Waals surface area contributed by atoms with E-state index in [0.29, 0.717) is 0 Å². The van der Waals surface area contributed by atoms with Crippen molar-refractivity contribution < 1.29 is 9.90 Å². The van der Waals surface area contributed by atoms with Gasteiger partial charge in [0.1, 0.15) is 5.82 Å². The number of carbonyl (C=O) groups is 1. The van der Waals surface area contributed by atoms with E-state index in [1.807, 2.05) is 12.1 Å². The van der Waals surface area contributed by atoms with Gasteiger partial charge >= 0.3 is 5.97 Å². The summed E-state index contributed by atoms with van der Waals surface area (Å²) in [4.78, 5) is 21.0. The number of carboxylic acid groups (broad SMARTS) is 1. The maximum Gasteiger partial charge on any atom is 0.309 e. The number of aromatic nitrogens is 1. The molecular weight excluding hydrogens is 314 g/mol. The fourth-order valence-corrected chi connectivity index (χ4v) is 3.98. The molecule has 2 heterocycles. The number of carboxylic acids is 1. The fourth-order valence-electron chi connectivity index (χ4n) is 3.98. The lowest BCUT2D eigenvalue weighted by Crippen LogP contribution is -2.49. The van der Waals surface area contributed by atoms with Crippen molar-refractivity contribution in [1.29, 1.82) is 0 Å². The largest absolute Gasteiger partial charge is 0.481 e. The van der Waals surface area contributed by atoms with Gasteiger partial charge in [0.15, 0.2) is 0 Å². The third-order valence-electron chi connectivity index (χ3n) is 5.95. The molecule has 1 saturated carbocycles. The minimum absolute atomic E-state index is 0.433. The first-order chi connectivity index (χ1) is 12.2. The first kappa shape index (κ1) is 16.3. The predicted molar refractivity (Wildman–Crippen MR) is 98.9 cm³/mol. The third kappa shape index (κ3) is 3.21. The number of hydrogen-bond donors (Lipinski definition) is 1. The molecule has 0 bridgehead atoms. The Kier molecular flexibility index (Phi) is 4.34. The van der Waals surface area contributed by atoms with Gasteiger partial charge in [0.2, 0.25) is 0 Å². The highest BCUT2D eigenvalue weighted by molar-refractivity contribution is 5.80. The van der Waals surface area contributed by atoms with Crippen LogP contribution in [-0.4, -0.2) is 53.7 Å². The molecule has 2 aromatic rings. The van der Waals surface area contributed by atoms with E-state index < -0.39 is 11.4 Å². The van der Waals surface area contributed by atoms with Gasteiger partial charge in [-0.05, 0) is 44.0 Å². The summed E-state index contributed by atoms with van der Waals surface area (Å²) in [5.74, 6) is 0.442. The molecule has 0 amide bonds. The van der Waals surface area contributed by atoms with Crippen molar-refractivity contribution in [2.75, 3.05) is 37.6 Å². The van der Waals surface area contributed by atoms with Crippen LogP contribution < -0.4 is 4.90 Å². The van der Waals surface area contributed by atoms with Crippen LogP contribution in [0.15, 0.2) is 36.4 Å². The minimum atomic E-state index is -0.599. The van der Waals surface area contributed by atoms with Crippen molar-refractivity contribution >= 4 is 22.7 Å². The average molecular weight is 339 g/mol. The monoisotopic (exact) mass is 339 g/mol. The fraction of sp³-hybridized carbons (Fsp3) is 0.500. The van der Waals surface area contributed by atoms with E-state index in [4.69, 9.17) is 4.98 Å². The summed E-state index contributed by atoms with van der Waals surface area (Å²) in [6.07, 6.45) is 3.55. The highest BCUT2D eigenvalue weighted by Crippen LogP contribution is 2.44. The van der Waals surface area contributed by atoms with Crippen molar-refractivity contribution in [2.24, 2.45) is 5.41 Å². The Morgan fingerprint density at radius 1 is 1.08 bits per heavy atom. The van der Waals surface area contributed by atoms with E-state index in [9.17, 15) is 9.90 Å². The predicted octanol–water partition coefficient (Wildman–Crippen LogP) is 3.00. The minimum Gasteiger partial charge on any atom is -0.481 e. The molecule has 1 saturated heterocycles. The number of nitrogens with zero attached hydrogens (tertiary/aromatic N) is 3. The van der Waals surface area contributed by atoms with E-state index in [-0.39, 0.29) is 0 Å². The zero-order valence-corrected chi connectivity index (χ0v) is 14.5. The van der Waals surface area contributed by atoms with E-state index in [2.05, 4.69) is 34.1 Å². The number of piperazine rings is 1. The molecule has 5 heteroatoms. The van der Waals surface area contributed by atoms with E-state index in [1.165, 1.54) is 5.39 Å². The molecule has 1 aliphatic carbocycles. The second-order valence-electron chi connectivity index (χ2n) is 7.38. The second-order valence-corrected chi connectivity index (χ2v) is 7.38. The number of hydrogen-bond acceptors (Lipinski definition) is 4. The Bertz CT molecular complexity index is 764. The molecule has 1 aliphatic heterocycles. The van der Waals surface area contributed by atoms with Gasteiger partial charge in [-0.2, -0.15) is 0 Å². The lowest BCUT2D eigenvalue weighted by Gasteiger charge is -2.41. The summed E-state index contributed by atoms with van der Waals surface area (Å²) in [6, 6.07) is 12.4. The van der Waals surface area contributed by atoms with Gasteiger partial charge in [-0.25, -0.2) is 4.98 Å². The quantitative estimate of drug-likeness (QED) is 0.907. The molecule has 0 atom stereocenters. The van der Waals surface area contributed by atoms with Gasteiger partial charge in [0.25, 0.3) is 0 Å². The average Bonchev–Trinajstić information content (AvgIpc) is 2.60. The number of pyridine rings is 1. The van der Waals surface area contributed by atoms with E-state index in [1.54, 1.807) is 0 Å². The normalized spacial score (nSPS) is 20.4. The first-order valence-electron chi connectivity index (χ1n) is 9.23. The lowest BCUT2D eigenvalue weighted by atomic mass is 9.66. The van der Waals surface area contributed by atoms with Crippen molar-refractivity contribution in [3.05, 3.63) is 36.4 Å². The maximum atomic E-state index is 11.5. The van der Waals surface area contributed by atoms with Crippen molar-refractivity contribution in [3.63, 3.8) is 0 Å². The number of anilines is 1. The Morgan fingerprint density at radius 2 is 1.84 bits per heavy atom. The second kappa shape index (κ2) is 6.64. The van der Waals surface area contributed by atoms with Crippen LogP contribution in [0.25, 0.3) is 10.9 Å². The Balaban J connectivity index is 1.34. The van der Waals surface area contributed by atoms with Gasteiger partial charge < -0.3 is 10.0 Å². The number of fused-ring (bicyclic) bond motifs is 1. The molecule has 2 fully saturated rings. The molecule has 5 nitrogen and oxygen atoms in total. The smallest absolute Gasteiger partial charge is 0.309 e. The van der Waals surface area contributed by atoms with Crippen molar-refractivity contribution in [2.45, 2.75) is 25.7 Å². The number of aliphatic carboxylic acids is 1. The van der Waals surface area contributed by atoms with Gasteiger partial charge in [-0.3, -0.25) is 9.69 Å². The molecule has 0 radical (unpaired) electrons. The lowest BCUT2D eigenvalue weighted by molar-refractivity contribution is -0.155. The van der Waals surface area contributed by atoms with E-state index in [0.717, 1.165) is 69.7 Å². The van der Waals surface area contributed by atoms with Crippen LogP contribution in [0.2, 0.25) is 0 Å². The van der Waals surface area contributed by atoms with Crippen LogP contribution in [0, 0.1) is 5.41 Å². The Labute approximate surface area is 148 Å². The Morgan fingerprint density at radius 3 is 2.52 bits per heavy atom. The number of rotatable bonds is 5. The first-order valence-corrected chi connectivity index (χ1v) is 9.23. The zero-order chi connectivity index (χ0) is 17.3. The molecular formula is C20H25N3O2. The molecule has 0 unspecified atom stereocenters. The summed E-state index contributed by atoms with van der Waals surface area (Å²) in [5, 5.41) is 10.6. The zero-order valence-electron chi connectivity index (χ0n) is 14.5. The highest BCUT2D eigenvalue weighted by atomic mass is 16.4. The van der Waals surface area contributed by atoms with E-state index >= 15 is 0 Å². The maximum absolute atomic E-state index is 11.5. The van der Waals surface area contributed by atoms with Crippen LogP contribution in [0.1, 0.15) is 25.7 Å². The number of benzene rings is 1.